The second kappa shape index (κ2) is 8.59. The van der Waals surface area contributed by atoms with E-state index in [1.54, 1.807) is 18.2 Å². The zero-order valence-electron chi connectivity index (χ0n) is 14.5. The van der Waals surface area contributed by atoms with Gasteiger partial charge in [0.05, 0.1) is 10.6 Å². The molecular formula is C16H21N5O4S. The van der Waals surface area contributed by atoms with Gasteiger partial charge < -0.3 is 0 Å². The molecule has 1 heterocycles. The van der Waals surface area contributed by atoms with E-state index in [2.05, 4.69) is 20.7 Å². The molecule has 26 heavy (non-hydrogen) atoms. The summed E-state index contributed by atoms with van der Waals surface area (Å²) in [5, 5.41) is 4.15. The van der Waals surface area contributed by atoms with Crippen LogP contribution in [0.5, 0.6) is 0 Å². The number of carbonyl (C=O) groups is 2. The molecule has 1 aromatic heterocycles. The highest BCUT2D eigenvalue weighted by molar-refractivity contribution is 7.89. The summed E-state index contributed by atoms with van der Waals surface area (Å²) in [7, 11) is -3.66. The molecule has 2 amide bonds. The van der Waals surface area contributed by atoms with Crippen molar-refractivity contribution in [2.75, 3.05) is 6.54 Å². The van der Waals surface area contributed by atoms with Crippen LogP contribution in [0.3, 0.4) is 0 Å². The number of aromatic nitrogens is 2. The van der Waals surface area contributed by atoms with E-state index in [4.69, 9.17) is 0 Å². The molecule has 0 aliphatic carbocycles. The van der Waals surface area contributed by atoms with Gasteiger partial charge in [-0.05, 0) is 32.0 Å². The minimum atomic E-state index is -3.66. The summed E-state index contributed by atoms with van der Waals surface area (Å²) in [5.74, 6) is -0.947. The predicted octanol–water partition coefficient (Wildman–Crippen LogP) is 0.0159. The molecule has 0 saturated carbocycles. The molecule has 0 saturated heterocycles. The van der Waals surface area contributed by atoms with Crippen LogP contribution in [0.15, 0.2) is 41.3 Å². The molecule has 2 rings (SSSR count). The van der Waals surface area contributed by atoms with Gasteiger partial charge in [-0.25, -0.2) is 13.1 Å². The number of amides is 2. The van der Waals surface area contributed by atoms with Gasteiger partial charge >= 0.3 is 0 Å². The van der Waals surface area contributed by atoms with Gasteiger partial charge in [0.2, 0.25) is 15.9 Å². The van der Waals surface area contributed by atoms with E-state index < -0.39 is 21.8 Å². The van der Waals surface area contributed by atoms with E-state index in [0.717, 1.165) is 11.4 Å². The Bertz CT molecular complexity index is 877. The molecule has 140 valence electrons. The lowest BCUT2D eigenvalue weighted by atomic mass is 10.4. The Labute approximate surface area is 151 Å². The number of rotatable bonds is 7. The molecule has 0 unspecified atom stereocenters. The van der Waals surface area contributed by atoms with Gasteiger partial charge in [-0.1, -0.05) is 18.2 Å². The van der Waals surface area contributed by atoms with Crippen LogP contribution in [-0.4, -0.2) is 36.6 Å². The first-order valence-corrected chi connectivity index (χ1v) is 9.40. The van der Waals surface area contributed by atoms with Gasteiger partial charge in [0.1, 0.15) is 6.54 Å². The van der Waals surface area contributed by atoms with Crippen molar-refractivity contribution >= 4 is 21.8 Å². The fourth-order valence-electron chi connectivity index (χ4n) is 2.19. The van der Waals surface area contributed by atoms with Crippen LogP contribution in [0.25, 0.3) is 0 Å². The number of hydrazine groups is 1. The Morgan fingerprint density at radius 3 is 2.35 bits per heavy atom. The van der Waals surface area contributed by atoms with Crippen LogP contribution < -0.4 is 15.6 Å². The average Bonchev–Trinajstić information content (AvgIpc) is 2.91. The highest BCUT2D eigenvalue weighted by atomic mass is 32.2. The first kappa shape index (κ1) is 19.6. The van der Waals surface area contributed by atoms with E-state index >= 15 is 0 Å². The normalized spacial score (nSPS) is 11.2. The van der Waals surface area contributed by atoms with Crippen LogP contribution in [0.2, 0.25) is 0 Å². The lowest BCUT2D eigenvalue weighted by molar-refractivity contribution is -0.129. The smallest absolute Gasteiger partial charge is 0.260 e. The number of nitrogens with one attached hydrogen (secondary N) is 3. The summed E-state index contributed by atoms with van der Waals surface area (Å²) < 4.78 is 27.8. The van der Waals surface area contributed by atoms with E-state index in [9.17, 15) is 18.0 Å². The molecule has 0 bridgehead atoms. The van der Waals surface area contributed by atoms with Crippen molar-refractivity contribution in [3.63, 3.8) is 0 Å². The van der Waals surface area contributed by atoms with Crippen molar-refractivity contribution in [1.29, 1.82) is 0 Å². The quantitative estimate of drug-likeness (QED) is 0.585. The van der Waals surface area contributed by atoms with Gasteiger partial charge in [0, 0.05) is 18.7 Å². The van der Waals surface area contributed by atoms with Crippen molar-refractivity contribution < 1.29 is 18.0 Å². The molecular weight excluding hydrogens is 358 g/mol. The molecule has 9 nitrogen and oxygen atoms in total. The average molecular weight is 379 g/mol. The molecule has 3 N–H and O–H groups in total. The van der Waals surface area contributed by atoms with Crippen LogP contribution >= 0.6 is 0 Å². The lowest BCUT2D eigenvalue weighted by Crippen LogP contribution is -2.44. The Morgan fingerprint density at radius 2 is 1.73 bits per heavy atom. The third-order valence-electron chi connectivity index (χ3n) is 3.44. The van der Waals surface area contributed by atoms with Crippen molar-refractivity contribution in [2.24, 2.45) is 0 Å². The van der Waals surface area contributed by atoms with Crippen molar-refractivity contribution in [3.05, 3.63) is 47.8 Å². The minimum absolute atomic E-state index is 0.0272. The summed E-state index contributed by atoms with van der Waals surface area (Å²) in [5.41, 5.74) is 6.14. The molecule has 2 aromatic rings. The highest BCUT2D eigenvalue weighted by Crippen LogP contribution is 2.06. The summed E-state index contributed by atoms with van der Waals surface area (Å²) in [6, 6.07) is 9.69. The molecule has 1 aromatic carbocycles. The van der Waals surface area contributed by atoms with Crippen LogP contribution in [0.4, 0.5) is 0 Å². The Balaban J connectivity index is 1.72. The minimum Gasteiger partial charge on any atom is -0.273 e. The standard InChI is InChI=1S/C16H21N5O4S/c1-12-10-13(2)21(20-12)11-16(23)19-18-15(22)8-9-17-26(24,25)14-6-4-3-5-7-14/h3-7,10,17H,8-9,11H2,1-2H3,(H,18,22)(H,19,23). The number of aryl methyl sites for hydroxylation is 2. The summed E-state index contributed by atoms with van der Waals surface area (Å²) in [6.45, 7) is 3.53. The van der Waals surface area contributed by atoms with E-state index in [1.807, 2.05) is 19.9 Å². The van der Waals surface area contributed by atoms with Crippen molar-refractivity contribution in [3.8, 4) is 0 Å². The third-order valence-corrected chi connectivity index (χ3v) is 4.91. The molecule has 0 fully saturated rings. The monoisotopic (exact) mass is 379 g/mol. The number of nitrogens with zero attached hydrogens (tertiary/aromatic N) is 2. The van der Waals surface area contributed by atoms with Gasteiger partial charge in [0.25, 0.3) is 5.91 Å². The molecule has 10 heteroatoms. The van der Waals surface area contributed by atoms with E-state index in [-0.39, 0.29) is 24.4 Å². The molecule has 0 aliphatic rings. The number of carbonyl (C=O) groups excluding carboxylic acids is 2. The van der Waals surface area contributed by atoms with Crippen LogP contribution in [-0.2, 0) is 26.2 Å². The maximum absolute atomic E-state index is 12.0. The highest BCUT2D eigenvalue weighted by Gasteiger charge is 2.14. The number of hydrogen-bond donors (Lipinski definition) is 3. The number of benzene rings is 1. The second-order valence-corrected chi connectivity index (χ2v) is 7.41. The maximum Gasteiger partial charge on any atom is 0.260 e. The van der Waals surface area contributed by atoms with Crippen LogP contribution in [0, 0.1) is 13.8 Å². The molecule has 0 spiro atoms. The molecule has 0 atom stereocenters. The van der Waals surface area contributed by atoms with Gasteiger partial charge in [-0.3, -0.25) is 25.1 Å². The van der Waals surface area contributed by atoms with Gasteiger partial charge in [-0.2, -0.15) is 5.10 Å². The Kier molecular flexibility index (Phi) is 6.47. The molecule has 0 aliphatic heterocycles. The summed E-state index contributed by atoms with van der Waals surface area (Å²) in [6.07, 6.45) is -0.119. The lowest BCUT2D eigenvalue weighted by Gasteiger charge is -2.09. The Morgan fingerprint density at radius 1 is 1.08 bits per heavy atom. The number of sulfonamides is 1. The topological polar surface area (TPSA) is 122 Å². The zero-order valence-corrected chi connectivity index (χ0v) is 15.3. The first-order valence-electron chi connectivity index (χ1n) is 7.91. The van der Waals surface area contributed by atoms with Crippen LogP contribution in [0.1, 0.15) is 17.8 Å². The van der Waals surface area contributed by atoms with Gasteiger partial charge in [0.15, 0.2) is 0 Å². The maximum atomic E-state index is 12.0. The van der Waals surface area contributed by atoms with Crippen molar-refractivity contribution in [2.45, 2.75) is 31.7 Å². The number of hydrogen-bond acceptors (Lipinski definition) is 5. The Hall–Kier alpha value is -2.72. The zero-order chi connectivity index (χ0) is 19.2. The molecule has 0 radical (unpaired) electrons. The fourth-order valence-corrected chi connectivity index (χ4v) is 3.25. The van der Waals surface area contributed by atoms with E-state index in [1.165, 1.54) is 16.8 Å². The predicted molar refractivity (Wildman–Crippen MR) is 94.2 cm³/mol. The third kappa shape index (κ3) is 5.67. The summed E-state index contributed by atoms with van der Waals surface area (Å²) in [4.78, 5) is 23.6. The van der Waals surface area contributed by atoms with Gasteiger partial charge in [-0.15, -0.1) is 0 Å². The largest absolute Gasteiger partial charge is 0.273 e. The SMILES string of the molecule is Cc1cc(C)n(CC(=O)NNC(=O)CCNS(=O)(=O)c2ccccc2)n1. The second-order valence-electron chi connectivity index (χ2n) is 5.64. The van der Waals surface area contributed by atoms with E-state index in [0.29, 0.717) is 0 Å². The summed E-state index contributed by atoms with van der Waals surface area (Å²) >= 11 is 0. The van der Waals surface area contributed by atoms with Crippen molar-refractivity contribution in [1.82, 2.24) is 25.4 Å². The first-order chi connectivity index (χ1) is 12.3. The fraction of sp³-hybridized carbons (Fsp3) is 0.312.